The number of hydrogen-bond donors (Lipinski definition) is 1. The standard InChI is InChI=1S/C21H23N3O2/c1-15-8-7-11-19(16(15)2)23-20(25)13-24(3)12-18-14-26-21(22-18)17-9-5-4-6-10-17/h4-11,14H,12-13H2,1-3H3,(H,23,25). The number of likely N-dealkylation sites (N-methyl/N-ethyl adjacent to an activating group) is 1. The number of amides is 1. The molecule has 0 aliphatic rings. The van der Waals surface area contributed by atoms with Crippen molar-refractivity contribution in [3.63, 3.8) is 0 Å². The molecular formula is C21H23N3O2. The largest absolute Gasteiger partial charge is 0.444 e. The zero-order valence-electron chi connectivity index (χ0n) is 15.3. The predicted molar refractivity (Wildman–Crippen MR) is 103 cm³/mol. The average molecular weight is 349 g/mol. The molecule has 26 heavy (non-hydrogen) atoms. The lowest BCUT2D eigenvalue weighted by atomic mass is 10.1. The summed E-state index contributed by atoms with van der Waals surface area (Å²) in [5, 5.41) is 2.97. The van der Waals surface area contributed by atoms with Gasteiger partial charge in [0.05, 0.1) is 12.2 Å². The smallest absolute Gasteiger partial charge is 0.238 e. The van der Waals surface area contributed by atoms with Crippen LogP contribution < -0.4 is 5.32 Å². The number of oxazole rings is 1. The van der Waals surface area contributed by atoms with Crippen LogP contribution in [-0.4, -0.2) is 29.4 Å². The summed E-state index contributed by atoms with van der Waals surface area (Å²) < 4.78 is 5.54. The fraction of sp³-hybridized carbons (Fsp3) is 0.238. The predicted octanol–water partition coefficient (Wildman–Crippen LogP) is 4.03. The quantitative estimate of drug-likeness (QED) is 0.730. The Morgan fingerprint density at radius 3 is 2.65 bits per heavy atom. The summed E-state index contributed by atoms with van der Waals surface area (Å²) >= 11 is 0. The van der Waals surface area contributed by atoms with E-state index in [9.17, 15) is 4.79 Å². The second kappa shape index (κ2) is 7.97. The highest BCUT2D eigenvalue weighted by atomic mass is 16.3. The topological polar surface area (TPSA) is 58.4 Å². The van der Waals surface area contributed by atoms with Gasteiger partial charge in [-0.15, -0.1) is 0 Å². The van der Waals surface area contributed by atoms with E-state index in [1.54, 1.807) is 6.26 Å². The molecule has 3 aromatic rings. The number of anilines is 1. The Bertz CT molecular complexity index is 887. The van der Waals surface area contributed by atoms with Gasteiger partial charge in [-0.2, -0.15) is 0 Å². The van der Waals surface area contributed by atoms with Crippen molar-refractivity contribution in [2.24, 2.45) is 0 Å². The molecule has 0 fully saturated rings. The third kappa shape index (κ3) is 4.37. The summed E-state index contributed by atoms with van der Waals surface area (Å²) in [4.78, 5) is 18.7. The molecule has 0 radical (unpaired) electrons. The monoisotopic (exact) mass is 349 g/mol. The Balaban J connectivity index is 1.57. The highest BCUT2D eigenvalue weighted by Gasteiger charge is 2.12. The van der Waals surface area contributed by atoms with Gasteiger partial charge in [-0.05, 0) is 50.2 Å². The van der Waals surface area contributed by atoms with Crippen LogP contribution in [0.15, 0.2) is 59.2 Å². The molecule has 2 aromatic carbocycles. The number of aromatic nitrogens is 1. The van der Waals surface area contributed by atoms with Gasteiger partial charge in [0.15, 0.2) is 0 Å². The van der Waals surface area contributed by atoms with E-state index in [1.165, 1.54) is 0 Å². The Kier molecular flexibility index (Phi) is 5.49. The first kappa shape index (κ1) is 17.9. The van der Waals surface area contributed by atoms with Gasteiger partial charge >= 0.3 is 0 Å². The summed E-state index contributed by atoms with van der Waals surface area (Å²) in [6.07, 6.45) is 1.64. The van der Waals surface area contributed by atoms with Crippen molar-refractivity contribution in [3.8, 4) is 11.5 Å². The minimum atomic E-state index is -0.0482. The Labute approximate surface area is 153 Å². The Morgan fingerprint density at radius 2 is 1.88 bits per heavy atom. The van der Waals surface area contributed by atoms with Crippen molar-refractivity contribution in [1.82, 2.24) is 9.88 Å². The fourth-order valence-corrected chi connectivity index (χ4v) is 2.75. The summed E-state index contributed by atoms with van der Waals surface area (Å²) in [5.74, 6) is 0.543. The van der Waals surface area contributed by atoms with E-state index in [2.05, 4.69) is 10.3 Å². The van der Waals surface area contributed by atoms with Crippen LogP contribution in [0.5, 0.6) is 0 Å². The molecule has 1 amide bonds. The van der Waals surface area contributed by atoms with Crippen LogP contribution in [0.3, 0.4) is 0 Å². The highest BCUT2D eigenvalue weighted by Crippen LogP contribution is 2.19. The van der Waals surface area contributed by atoms with E-state index < -0.39 is 0 Å². The maximum atomic E-state index is 12.3. The molecule has 0 spiro atoms. The van der Waals surface area contributed by atoms with Gasteiger partial charge < -0.3 is 9.73 Å². The van der Waals surface area contributed by atoms with Crippen LogP contribution in [0.1, 0.15) is 16.8 Å². The Morgan fingerprint density at radius 1 is 1.12 bits per heavy atom. The number of benzene rings is 2. The first-order chi connectivity index (χ1) is 12.5. The normalized spacial score (nSPS) is 10.9. The Hall–Kier alpha value is -2.92. The number of carbonyl (C=O) groups excluding carboxylic acids is 1. The highest BCUT2D eigenvalue weighted by molar-refractivity contribution is 5.93. The first-order valence-corrected chi connectivity index (χ1v) is 8.57. The maximum Gasteiger partial charge on any atom is 0.238 e. The van der Waals surface area contributed by atoms with E-state index in [0.717, 1.165) is 28.1 Å². The van der Waals surface area contributed by atoms with Gasteiger partial charge in [0.1, 0.15) is 6.26 Å². The van der Waals surface area contributed by atoms with Crippen molar-refractivity contribution >= 4 is 11.6 Å². The molecule has 0 bridgehead atoms. The van der Waals surface area contributed by atoms with Crippen LogP contribution in [0.4, 0.5) is 5.69 Å². The molecule has 0 saturated carbocycles. The summed E-state index contributed by atoms with van der Waals surface area (Å²) in [7, 11) is 1.89. The summed E-state index contributed by atoms with van der Waals surface area (Å²) in [6.45, 7) is 4.86. The molecular weight excluding hydrogens is 326 g/mol. The van der Waals surface area contributed by atoms with Crippen molar-refractivity contribution in [2.75, 3.05) is 18.9 Å². The summed E-state index contributed by atoms with van der Waals surface area (Å²) in [5.41, 5.74) is 4.84. The molecule has 0 atom stereocenters. The molecule has 1 aromatic heterocycles. The molecule has 5 heteroatoms. The van der Waals surface area contributed by atoms with Crippen LogP contribution in [-0.2, 0) is 11.3 Å². The lowest BCUT2D eigenvalue weighted by Gasteiger charge is -2.16. The molecule has 1 heterocycles. The zero-order valence-corrected chi connectivity index (χ0v) is 15.3. The van der Waals surface area contributed by atoms with Crippen LogP contribution in [0.2, 0.25) is 0 Å². The van der Waals surface area contributed by atoms with E-state index in [0.29, 0.717) is 12.4 Å². The van der Waals surface area contributed by atoms with Gasteiger partial charge in [-0.1, -0.05) is 30.3 Å². The molecule has 5 nitrogen and oxygen atoms in total. The van der Waals surface area contributed by atoms with Crippen molar-refractivity contribution in [3.05, 3.63) is 71.6 Å². The van der Waals surface area contributed by atoms with E-state index >= 15 is 0 Å². The van der Waals surface area contributed by atoms with Crippen molar-refractivity contribution < 1.29 is 9.21 Å². The maximum absolute atomic E-state index is 12.3. The minimum absolute atomic E-state index is 0.0482. The van der Waals surface area contributed by atoms with Crippen LogP contribution in [0.25, 0.3) is 11.5 Å². The lowest BCUT2D eigenvalue weighted by molar-refractivity contribution is -0.117. The van der Waals surface area contributed by atoms with E-state index in [-0.39, 0.29) is 12.5 Å². The third-order valence-electron chi connectivity index (χ3n) is 4.30. The lowest BCUT2D eigenvalue weighted by Crippen LogP contribution is -2.30. The number of hydrogen-bond acceptors (Lipinski definition) is 4. The number of aryl methyl sites for hydroxylation is 1. The van der Waals surface area contributed by atoms with E-state index in [4.69, 9.17) is 4.42 Å². The molecule has 0 unspecified atom stereocenters. The number of rotatable bonds is 6. The second-order valence-corrected chi connectivity index (χ2v) is 6.48. The molecule has 0 aliphatic heterocycles. The molecule has 0 saturated heterocycles. The molecule has 0 aliphatic carbocycles. The van der Waals surface area contributed by atoms with Crippen LogP contribution in [0, 0.1) is 13.8 Å². The van der Waals surface area contributed by atoms with Gasteiger partial charge in [0, 0.05) is 17.8 Å². The van der Waals surface area contributed by atoms with E-state index in [1.807, 2.05) is 74.3 Å². The van der Waals surface area contributed by atoms with Gasteiger partial charge in [0.2, 0.25) is 11.8 Å². The first-order valence-electron chi connectivity index (χ1n) is 8.57. The summed E-state index contributed by atoms with van der Waals surface area (Å²) in [6, 6.07) is 15.7. The third-order valence-corrected chi connectivity index (χ3v) is 4.30. The number of nitrogens with one attached hydrogen (secondary N) is 1. The SMILES string of the molecule is Cc1cccc(NC(=O)CN(C)Cc2coc(-c3ccccc3)n2)c1C. The number of carbonyl (C=O) groups is 1. The molecule has 134 valence electrons. The molecule has 3 rings (SSSR count). The average Bonchev–Trinajstić information content (AvgIpc) is 3.08. The zero-order chi connectivity index (χ0) is 18.5. The van der Waals surface area contributed by atoms with Crippen molar-refractivity contribution in [1.29, 1.82) is 0 Å². The number of nitrogens with zero attached hydrogens (tertiary/aromatic N) is 2. The van der Waals surface area contributed by atoms with Gasteiger partial charge in [-0.3, -0.25) is 9.69 Å². The van der Waals surface area contributed by atoms with Gasteiger partial charge in [0.25, 0.3) is 0 Å². The molecule has 1 N–H and O–H groups in total. The van der Waals surface area contributed by atoms with Crippen molar-refractivity contribution in [2.45, 2.75) is 20.4 Å². The fourth-order valence-electron chi connectivity index (χ4n) is 2.75. The van der Waals surface area contributed by atoms with Crippen LogP contribution >= 0.6 is 0 Å². The van der Waals surface area contributed by atoms with Gasteiger partial charge in [-0.25, -0.2) is 4.98 Å². The second-order valence-electron chi connectivity index (χ2n) is 6.48. The minimum Gasteiger partial charge on any atom is -0.444 e.